The minimum Gasteiger partial charge on any atom is -0.466 e. The van der Waals surface area contributed by atoms with Gasteiger partial charge in [0.2, 0.25) is 0 Å². The Morgan fingerprint density at radius 3 is 2.78 bits per heavy atom. The average Bonchev–Trinajstić information content (AvgIpc) is 2.31. The normalized spacial score (nSPS) is 10.8. The van der Waals surface area contributed by atoms with Crippen molar-refractivity contribution in [1.29, 1.82) is 0 Å². The van der Waals surface area contributed by atoms with E-state index in [1.165, 1.54) is 6.07 Å². The zero-order valence-corrected chi connectivity index (χ0v) is 11.9. The molecule has 4 nitrogen and oxygen atoms in total. The molecule has 2 N–H and O–H groups in total. The molecule has 1 rings (SSSR count). The molecule has 0 aromatic carbocycles. The third-order valence-corrected chi connectivity index (χ3v) is 3.41. The first-order chi connectivity index (χ1) is 8.49. The number of esters is 1. The van der Waals surface area contributed by atoms with E-state index in [-0.39, 0.29) is 30.8 Å². The molecule has 100 valence electrons. The van der Waals surface area contributed by atoms with Crippen molar-refractivity contribution >= 4 is 28.6 Å². The number of pyridine rings is 1. The number of alkyl halides is 2. The first-order valence-electron chi connectivity index (χ1n) is 5.31. The summed E-state index contributed by atoms with van der Waals surface area (Å²) in [4.78, 5) is 15.4. The molecule has 1 aromatic rings. The number of hydrogen-bond acceptors (Lipinski definition) is 4. The third kappa shape index (κ3) is 3.84. The van der Waals surface area contributed by atoms with Crippen molar-refractivity contribution in [2.24, 2.45) is 5.73 Å². The summed E-state index contributed by atoms with van der Waals surface area (Å²) < 4.78 is 30.7. The number of rotatable bonds is 5. The lowest BCUT2D eigenvalue weighted by atomic mass is 10.1. The van der Waals surface area contributed by atoms with Crippen molar-refractivity contribution in [3.05, 3.63) is 26.6 Å². The van der Waals surface area contributed by atoms with Gasteiger partial charge in [-0.1, -0.05) is 0 Å². The lowest BCUT2D eigenvalue weighted by Crippen LogP contribution is -2.13. The van der Waals surface area contributed by atoms with Gasteiger partial charge in [-0.15, -0.1) is 0 Å². The maximum Gasteiger partial charge on any atom is 0.311 e. The Balaban J connectivity index is 3.06. The van der Waals surface area contributed by atoms with Gasteiger partial charge in [-0.2, -0.15) is 0 Å². The fourth-order valence-electron chi connectivity index (χ4n) is 1.41. The third-order valence-electron chi connectivity index (χ3n) is 2.17. The molecule has 1 heterocycles. The van der Waals surface area contributed by atoms with Gasteiger partial charge in [0.25, 0.3) is 6.43 Å². The van der Waals surface area contributed by atoms with Crippen LogP contribution in [0.15, 0.2) is 6.07 Å². The monoisotopic (exact) mass is 370 g/mol. The first kappa shape index (κ1) is 15.2. The SMILES string of the molecule is CCOC(=O)Cc1cc(C(F)F)c(I)c(CN)n1. The molecule has 0 radical (unpaired) electrons. The molecule has 0 amide bonds. The quantitative estimate of drug-likeness (QED) is 0.638. The second-order valence-corrected chi connectivity index (χ2v) is 4.53. The van der Waals surface area contributed by atoms with Crippen LogP contribution in [0.4, 0.5) is 8.78 Å². The van der Waals surface area contributed by atoms with Crippen molar-refractivity contribution in [3.63, 3.8) is 0 Å². The van der Waals surface area contributed by atoms with E-state index in [2.05, 4.69) is 4.98 Å². The maximum absolute atomic E-state index is 12.8. The van der Waals surface area contributed by atoms with Crippen molar-refractivity contribution in [1.82, 2.24) is 4.98 Å². The summed E-state index contributed by atoms with van der Waals surface area (Å²) in [5, 5.41) is 0. The molecule has 0 atom stereocenters. The Bertz CT molecular complexity index is 441. The Labute approximate surface area is 117 Å². The van der Waals surface area contributed by atoms with Crippen molar-refractivity contribution < 1.29 is 18.3 Å². The van der Waals surface area contributed by atoms with Gasteiger partial charge in [0.1, 0.15) is 0 Å². The molecule has 0 aliphatic rings. The first-order valence-corrected chi connectivity index (χ1v) is 6.39. The molecule has 0 spiro atoms. The molecule has 0 aliphatic heterocycles. The fourth-order valence-corrected chi connectivity index (χ4v) is 2.14. The van der Waals surface area contributed by atoms with Crippen LogP contribution in [0.1, 0.15) is 30.3 Å². The molecule has 18 heavy (non-hydrogen) atoms. The second-order valence-electron chi connectivity index (χ2n) is 3.45. The number of halogens is 3. The van der Waals surface area contributed by atoms with Crippen molar-refractivity contribution in [3.8, 4) is 0 Å². The highest BCUT2D eigenvalue weighted by Gasteiger charge is 2.18. The number of nitrogens with zero attached hydrogens (tertiary/aromatic N) is 1. The van der Waals surface area contributed by atoms with Crippen LogP contribution in [0.3, 0.4) is 0 Å². The molecular weight excluding hydrogens is 357 g/mol. The summed E-state index contributed by atoms with van der Waals surface area (Å²) in [6, 6.07) is 1.22. The molecule has 7 heteroatoms. The van der Waals surface area contributed by atoms with Crippen LogP contribution in [-0.4, -0.2) is 17.6 Å². The Kier molecular flexibility index (Phi) is 5.86. The summed E-state index contributed by atoms with van der Waals surface area (Å²) in [6.07, 6.45) is -2.75. The summed E-state index contributed by atoms with van der Waals surface area (Å²) in [6.45, 7) is 1.97. The predicted molar refractivity (Wildman–Crippen MR) is 70.1 cm³/mol. The molecule has 0 fully saturated rings. The average molecular weight is 370 g/mol. The summed E-state index contributed by atoms with van der Waals surface area (Å²) in [7, 11) is 0. The lowest BCUT2D eigenvalue weighted by molar-refractivity contribution is -0.142. The number of hydrogen-bond donors (Lipinski definition) is 1. The van der Waals surface area contributed by atoms with Gasteiger partial charge in [-0.3, -0.25) is 9.78 Å². The van der Waals surface area contributed by atoms with Gasteiger partial charge in [0.05, 0.1) is 24.4 Å². The molecule has 0 saturated heterocycles. The zero-order chi connectivity index (χ0) is 13.7. The second kappa shape index (κ2) is 6.93. The van der Waals surface area contributed by atoms with Crippen LogP contribution >= 0.6 is 22.6 Å². The van der Waals surface area contributed by atoms with Crippen LogP contribution < -0.4 is 5.73 Å². The summed E-state index contributed by atoms with van der Waals surface area (Å²) in [5.74, 6) is -0.491. The highest BCUT2D eigenvalue weighted by atomic mass is 127. The van der Waals surface area contributed by atoms with E-state index in [0.717, 1.165) is 0 Å². The van der Waals surface area contributed by atoms with Crippen molar-refractivity contribution in [2.45, 2.75) is 26.3 Å². The molecule has 0 aliphatic carbocycles. The number of aromatic nitrogens is 1. The minimum atomic E-state index is -2.62. The smallest absolute Gasteiger partial charge is 0.311 e. The highest BCUT2D eigenvalue weighted by Crippen LogP contribution is 2.27. The topological polar surface area (TPSA) is 65.2 Å². The standard InChI is InChI=1S/C11H13F2IN2O2/c1-2-18-9(17)4-6-3-7(11(12)13)10(14)8(5-15)16-6/h3,11H,2,4-5,15H2,1H3. The zero-order valence-electron chi connectivity index (χ0n) is 9.75. The number of ether oxygens (including phenoxy) is 1. The van der Waals surface area contributed by atoms with E-state index < -0.39 is 12.4 Å². The fraction of sp³-hybridized carbons (Fsp3) is 0.455. The van der Waals surface area contributed by atoms with Gasteiger partial charge in [0.15, 0.2) is 0 Å². The summed E-state index contributed by atoms with van der Waals surface area (Å²) in [5.41, 5.74) is 5.92. The number of carbonyl (C=O) groups excluding carboxylic acids is 1. The van der Waals surface area contributed by atoms with Crippen molar-refractivity contribution in [2.75, 3.05) is 6.61 Å². The van der Waals surface area contributed by atoms with Gasteiger partial charge in [0, 0.05) is 15.7 Å². The van der Waals surface area contributed by atoms with E-state index in [1.807, 2.05) is 0 Å². The van der Waals surface area contributed by atoms with E-state index in [9.17, 15) is 13.6 Å². The highest BCUT2D eigenvalue weighted by molar-refractivity contribution is 14.1. The van der Waals surface area contributed by atoms with Gasteiger partial charge in [-0.05, 0) is 35.6 Å². The van der Waals surface area contributed by atoms with E-state index >= 15 is 0 Å². The van der Waals surface area contributed by atoms with E-state index in [4.69, 9.17) is 10.5 Å². The molecule has 0 bridgehead atoms. The largest absolute Gasteiger partial charge is 0.466 e. The Morgan fingerprint density at radius 1 is 1.61 bits per heavy atom. The van der Waals surface area contributed by atoms with Crippen LogP contribution in [-0.2, 0) is 22.5 Å². The maximum atomic E-state index is 12.8. The number of nitrogens with two attached hydrogens (primary N) is 1. The molecule has 1 aromatic heterocycles. The molecule has 0 saturated carbocycles. The van der Waals surface area contributed by atoms with Crippen LogP contribution in [0.25, 0.3) is 0 Å². The van der Waals surface area contributed by atoms with E-state index in [0.29, 0.717) is 9.26 Å². The van der Waals surface area contributed by atoms with E-state index in [1.54, 1.807) is 29.5 Å². The van der Waals surface area contributed by atoms with Crippen LogP contribution in [0.5, 0.6) is 0 Å². The summed E-state index contributed by atoms with van der Waals surface area (Å²) >= 11 is 1.78. The minimum absolute atomic E-state index is 0.0503. The van der Waals surface area contributed by atoms with Gasteiger partial charge < -0.3 is 10.5 Å². The molecule has 0 unspecified atom stereocenters. The predicted octanol–water partition coefficient (Wildman–Crippen LogP) is 2.19. The Morgan fingerprint density at radius 2 is 2.28 bits per heavy atom. The van der Waals surface area contributed by atoms with Crippen LogP contribution in [0, 0.1) is 3.57 Å². The number of carbonyl (C=O) groups is 1. The Hall–Kier alpha value is -0.830. The molecular formula is C11H13F2IN2O2. The van der Waals surface area contributed by atoms with Crippen LogP contribution in [0.2, 0.25) is 0 Å². The van der Waals surface area contributed by atoms with Gasteiger partial charge >= 0.3 is 5.97 Å². The lowest BCUT2D eigenvalue weighted by Gasteiger charge is -2.10. The van der Waals surface area contributed by atoms with Gasteiger partial charge in [-0.25, -0.2) is 8.78 Å².